The van der Waals surface area contributed by atoms with Crippen LogP contribution < -0.4 is 10.1 Å². The predicted octanol–water partition coefficient (Wildman–Crippen LogP) is 5.74. The molecule has 0 unspecified atom stereocenters. The van der Waals surface area contributed by atoms with E-state index in [1.165, 1.54) is 5.56 Å². The molecule has 0 heterocycles. The Morgan fingerprint density at radius 3 is 2.21 bits per heavy atom. The topological polar surface area (TPSA) is 58.6 Å². The van der Waals surface area contributed by atoms with Crippen LogP contribution >= 0.6 is 11.6 Å². The summed E-state index contributed by atoms with van der Waals surface area (Å²) in [6, 6.07) is 14.5. The van der Waals surface area contributed by atoms with Gasteiger partial charge in [0, 0.05) is 17.6 Å². The van der Waals surface area contributed by atoms with Crippen LogP contribution in [0.2, 0.25) is 5.02 Å². The molecule has 2 rings (SSSR count). The Balaban J connectivity index is 2.21. The van der Waals surface area contributed by atoms with Gasteiger partial charge in [-0.3, -0.25) is 9.59 Å². The van der Waals surface area contributed by atoms with E-state index in [4.69, 9.17) is 16.3 Å². The lowest BCUT2D eigenvalue weighted by Gasteiger charge is -2.31. The van der Waals surface area contributed by atoms with Crippen molar-refractivity contribution in [2.45, 2.75) is 78.4 Å². The third-order valence-corrected chi connectivity index (χ3v) is 6.14. The SMILES string of the molecule is CC[C@@H](C)NC(=O)[C@H](CC)N(Cc1ccccc1Cl)C(=O)COc1ccc(C(C)(C)C)cc1. The van der Waals surface area contributed by atoms with Gasteiger partial charge in [-0.2, -0.15) is 0 Å². The number of amides is 2. The summed E-state index contributed by atoms with van der Waals surface area (Å²) >= 11 is 6.36. The lowest BCUT2D eigenvalue weighted by Crippen LogP contribution is -2.51. The number of carbonyl (C=O) groups excluding carboxylic acids is 2. The van der Waals surface area contributed by atoms with Crippen molar-refractivity contribution in [2.24, 2.45) is 0 Å². The number of nitrogens with zero attached hydrogens (tertiary/aromatic N) is 1. The highest BCUT2D eigenvalue weighted by molar-refractivity contribution is 6.31. The Kier molecular flexibility index (Phi) is 9.78. The minimum Gasteiger partial charge on any atom is -0.484 e. The van der Waals surface area contributed by atoms with Gasteiger partial charge in [0.05, 0.1) is 0 Å². The smallest absolute Gasteiger partial charge is 0.261 e. The third kappa shape index (κ3) is 7.78. The van der Waals surface area contributed by atoms with Gasteiger partial charge in [-0.05, 0) is 54.5 Å². The molecule has 0 saturated heterocycles. The van der Waals surface area contributed by atoms with E-state index < -0.39 is 6.04 Å². The number of ether oxygens (including phenoxy) is 1. The van der Waals surface area contributed by atoms with Crippen LogP contribution in [0.3, 0.4) is 0 Å². The van der Waals surface area contributed by atoms with E-state index >= 15 is 0 Å². The summed E-state index contributed by atoms with van der Waals surface area (Å²) in [5.41, 5.74) is 2.02. The molecule has 33 heavy (non-hydrogen) atoms. The molecule has 0 radical (unpaired) electrons. The molecule has 180 valence electrons. The summed E-state index contributed by atoms with van der Waals surface area (Å²) in [5.74, 6) is 0.189. The molecule has 2 aromatic rings. The van der Waals surface area contributed by atoms with Crippen LogP contribution in [0.15, 0.2) is 48.5 Å². The van der Waals surface area contributed by atoms with E-state index in [1.807, 2.05) is 63.2 Å². The van der Waals surface area contributed by atoms with E-state index in [-0.39, 0.29) is 36.4 Å². The van der Waals surface area contributed by atoms with Gasteiger partial charge in [-0.1, -0.05) is 76.6 Å². The Labute approximate surface area is 203 Å². The first-order valence-corrected chi connectivity index (χ1v) is 12.0. The first kappa shape index (κ1) is 26.7. The molecule has 0 spiro atoms. The van der Waals surface area contributed by atoms with E-state index in [2.05, 4.69) is 26.1 Å². The largest absolute Gasteiger partial charge is 0.484 e. The van der Waals surface area contributed by atoms with Crippen molar-refractivity contribution >= 4 is 23.4 Å². The van der Waals surface area contributed by atoms with Gasteiger partial charge in [-0.15, -0.1) is 0 Å². The van der Waals surface area contributed by atoms with Gasteiger partial charge in [-0.25, -0.2) is 0 Å². The Bertz CT molecular complexity index is 922. The Morgan fingerprint density at radius 1 is 1.03 bits per heavy atom. The molecule has 0 fully saturated rings. The van der Waals surface area contributed by atoms with Crippen LogP contribution in [0, 0.1) is 0 Å². The van der Waals surface area contributed by atoms with Gasteiger partial charge in [0.1, 0.15) is 11.8 Å². The molecule has 0 aromatic heterocycles. The predicted molar refractivity (Wildman–Crippen MR) is 135 cm³/mol. The van der Waals surface area contributed by atoms with E-state index in [0.717, 1.165) is 12.0 Å². The fourth-order valence-electron chi connectivity index (χ4n) is 3.45. The van der Waals surface area contributed by atoms with Crippen molar-refractivity contribution in [3.63, 3.8) is 0 Å². The summed E-state index contributed by atoms with van der Waals surface area (Å²) in [5, 5.41) is 3.57. The highest BCUT2D eigenvalue weighted by Crippen LogP contribution is 2.25. The summed E-state index contributed by atoms with van der Waals surface area (Å²) in [4.78, 5) is 27.9. The van der Waals surface area contributed by atoms with Crippen LogP contribution in [0.5, 0.6) is 5.75 Å². The molecule has 0 bridgehead atoms. The number of halogens is 1. The fourth-order valence-corrected chi connectivity index (χ4v) is 3.65. The minimum absolute atomic E-state index is 0.0291. The molecule has 2 amide bonds. The van der Waals surface area contributed by atoms with Crippen molar-refractivity contribution in [3.05, 3.63) is 64.7 Å². The lowest BCUT2D eigenvalue weighted by atomic mass is 9.87. The van der Waals surface area contributed by atoms with Gasteiger partial charge in [0.2, 0.25) is 5.91 Å². The van der Waals surface area contributed by atoms with Gasteiger partial charge >= 0.3 is 0 Å². The van der Waals surface area contributed by atoms with Gasteiger partial charge < -0.3 is 15.0 Å². The monoisotopic (exact) mass is 472 g/mol. The maximum absolute atomic E-state index is 13.3. The fraction of sp³-hybridized carbons (Fsp3) is 0.481. The second kappa shape index (κ2) is 12.1. The zero-order valence-electron chi connectivity index (χ0n) is 20.7. The summed E-state index contributed by atoms with van der Waals surface area (Å²) in [6.07, 6.45) is 1.30. The average Bonchev–Trinajstić information content (AvgIpc) is 2.78. The van der Waals surface area contributed by atoms with Crippen LogP contribution in [0.1, 0.15) is 65.5 Å². The molecule has 0 aliphatic heterocycles. The van der Waals surface area contributed by atoms with Gasteiger partial charge in [0.25, 0.3) is 5.91 Å². The van der Waals surface area contributed by atoms with Crippen LogP contribution in [0.25, 0.3) is 0 Å². The molecule has 0 aliphatic rings. The number of rotatable bonds is 10. The Hall–Kier alpha value is -2.53. The first-order chi connectivity index (χ1) is 15.6. The lowest BCUT2D eigenvalue weighted by molar-refractivity contribution is -0.143. The molecular formula is C27H37ClN2O3. The Morgan fingerprint density at radius 2 is 1.67 bits per heavy atom. The van der Waals surface area contributed by atoms with Crippen LogP contribution in [0.4, 0.5) is 0 Å². The highest BCUT2D eigenvalue weighted by atomic mass is 35.5. The normalized spacial score (nSPS) is 13.2. The van der Waals surface area contributed by atoms with E-state index in [1.54, 1.807) is 11.0 Å². The molecule has 2 aromatic carbocycles. The number of carbonyl (C=O) groups is 2. The highest BCUT2D eigenvalue weighted by Gasteiger charge is 2.30. The van der Waals surface area contributed by atoms with Crippen LogP contribution in [-0.2, 0) is 21.5 Å². The quantitative estimate of drug-likeness (QED) is 0.479. The molecule has 0 saturated carbocycles. The number of benzene rings is 2. The molecule has 2 atom stereocenters. The summed E-state index contributed by atoms with van der Waals surface area (Å²) < 4.78 is 5.81. The summed E-state index contributed by atoms with van der Waals surface area (Å²) in [6.45, 7) is 12.4. The van der Waals surface area contributed by atoms with Crippen molar-refractivity contribution in [2.75, 3.05) is 6.61 Å². The maximum atomic E-state index is 13.3. The zero-order chi connectivity index (χ0) is 24.6. The standard InChI is InChI=1S/C27H37ClN2O3/c1-7-19(3)29-26(32)24(8-2)30(17-20-11-9-10-12-23(20)28)25(31)18-33-22-15-13-21(14-16-22)27(4,5)6/h9-16,19,24H,7-8,17-18H2,1-6H3,(H,29,32)/t19-,24+/m1/s1. The molecular weight excluding hydrogens is 436 g/mol. The van der Waals surface area contributed by atoms with Crippen molar-refractivity contribution in [3.8, 4) is 5.75 Å². The van der Waals surface area contributed by atoms with Crippen molar-refractivity contribution in [1.29, 1.82) is 0 Å². The maximum Gasteiger partial charge on any atom is 0.261 e. The number of nitrogens with one attached hydrogen (secondary N) is 1. The third-order valence-electron chi connectivity index (χ3n) is 5.77. The second-order valence-electron chi connectivity index (χ2n) is 9.42. The second-order valence-corrected chi connectivity index (χ2v) is 9.83. The first-order valence-electron chi connectivity index (χ1n) is 11.6. The van der Waals surface area contributed by atoms with E-state index in [9.17, 15) is 9.59 Å². The molecule has 1 N–H and O–H groups in total. The number of hydrogen-bond acceptors (Lipinski definition) is 3. The van der Waals surface area contributed by atoms with Gasteiger partial charge in [0.15, 0.2) is 6.61 Å². The van der Waals surface area contributed by atoms with Crippen LogP contribution in [-0.4, -0.2) is 35.4 Å². The molecule has 5 nitrogen and oxygen atoms in total. The van der Waals surface area contributed by atoms with E-state index in [0.29, 0.717) is 17.2 Å². The van der Waals surface area contributed by atoms with Crippen molar-refractivity contribution in [1.82, 2.24) is 10.2 Å². The molecule has 6 heteroatoms. The molecule has 0 aliphatic carbocycles. The zero-order valence-corrected chi connectivity index (χ0v) is 21.4. The summed E-state index contributed by atoms with van der Waals surface area (Å²) in [7, 11) is 0. The minimum atomic E-state index is -0.616. The van der Waals surface area contributed by atoms with Crippen molar-refractivity contribution < 1.29 is 14.3 Å². The average molecular weight is 473 g/mol. The number of hydrogen-bond donors (Lipinski definition) is 1.